The maximum Gasteiger partial charge on any atom is 0.250 e. The van der Waals surface area contributed by atoms with Gasteiger partial charge >= 0.3 is 0 Å². The number of pyridine rings is 2. The molecule has 1 aliphatic rings. The molecule has 4 rings (SSSR count). The number of aromatic nitrogens is 4. The van der Waals surface area contributed by atoms with Crippen LogP contribution in [0.4, 0.5) is 11.8 Å². The Labute approximate surface area is 162 Å². The summed E-state index contributed by atoms with van der Waals surface area (Å²) in [5, 5.41) is 4.10. The van der Waals surface area contributed by atoms with E-state index in [1.54, 1.807) is 38.8 Å². The number of hydrogen-bond acceptors (Lipinski definition) is 7. The Kier molecular flexibility index (Phi) is 4.95. The molecule has 8 heteroatoms. The molecule has 0 bridgehead atoms. The first-order valence-electron chi connectivity index (χ1n) is 9.42. The lowest BCUT2D eigenvalue weighted by atomic mass is 9.93. The smallest absolute Gasteiger partial charge is 0.250 e. The minimum Gasteiger partial charge on any atom is -0.383 e. The summed E-state index contributed by atoms with van der Waals surface area (Å²) >= 11 is 0. The topological polar surface area (TPSA) is 108 Å². The maximum atomic E-state index is 12.1. The standard InChI is InChI=1S/C20H24N6O2/c1-26-8-7-12(9-17(26)27)15-10-22-19(21)16-11-23-20(25-18(15)16)24-13-3-5-14(28-2)6-4-13/h7-11,13-14H,3-6H2,1-2H3,(H2,21,22)(H,23,24,25). The van der Waals surface area contributed by atoms with Gasteiger partial charge in [0.15, 0.2) is 0 Å². The molecular formula is C20H24N6O2. The summed E-state index contributed by atoms with van der Waals surface area (Å²) in [4.78, 5) is 25.5. The highest BCUT2D eigenvalue weighted by molar-refractivity contribution is 5.98. The summed E-state index contributed by atoms with van der Waals surface area (Å²) in [6, 6.07) is 3.76. The van der Waals surface area contributed by atoms with Crippen LogP contribution in [0.1, 0.15) is 25.7 Å². The minimum atomic E-state index is -0.0928. The number of ether oxygens (including phenoxy) is 1. The Hall–Kier alpha value is -3.00. The minimum absolute atomic E-state index is 0.0928. The van der Waals surface area contributed by atoms with E-state index in [-0.39, 0.29) is 5.56 Å². The fraction of sp³-hybridized carbons (Fsp3) is 0.400. The fourth-order valence-corrected chi connectivity index (χ4v) is 3.66. The average Bonchev–Trinajstić information content (AvgIpc) is 2.71. The average molecular weight is 380 g/mol. The molecule has 0 unspecified atom stereocenters. The van der Waals surface area contributed by atoms with Crippen LogP contribution in [0.3, 0.4) is 0 Å². The van der Waals surface area contributed by atoms with Crippen LogP contribution in [0.2, 0.25) is 0 Å². The third kappa shape index (κ3) is 3.55. The number of nitrogens with one attached hydrogen (secondary N) is 1. The van der Waals surface area contributed by atoms with E-state index in [0.29, 0.717) is 34.8 Å². The van der Waals surface area contributed by atoms with E-state index in [2.05, 4.69) is 15.3 Å². The van der Waals surface area contributed by atoms with E-state index >= 15 is 0 Å². The van der Waals surface area contributed by atoms with Gasteiger partial charge in [0.25, 0.3) is 5.56 Å². The zero-order valence-corrected chi connectivity index (χ0v) is 16.1. The zero-order chi connectivity index (χ0) is 19.7. The molecule has 0 atom stereocenters. The van der Waals surface area contributed by atoms with Crippen molar-refractivity contribution in [2.24, 2.45) is 7.05 Å². The van der Waals surface area contributed by atoms with Crippen LogP contribution in [0.15, 0.2) is 35.5 Å². The van der Waals surface area contributed by atoms with Crippen LogP contribution in [-0.2, 0) is 11.8 Å². The van der Waals surface area contributed by atoms with Gasteiger partial charge in [-0.2, -0.15) is 0 Å². The van der Waals surface area contributed by atoms with Gasteiger partial charge in [-0.1, -0.05) is 0 Å². The van der Waals surface area contributed by atoms with Gasteiger partial charge in [0, 0.05) is 50.4 Å². The second-order valence-electron chi connectivity index (χ2n) is 7.23. The van der Waals surface area contributed by atoms with Gasteiger partial charge in [0.1, 0.15) is 5.82 Å². The highest BCUT2D eigenvalue weighted by Crippen LogP contribution is 2.29. The number of aryl methyl sites for hydroxylation is 1. The van der Waals surface area contributed by atoms with E-state index < -0.39 is 0 Å². The van der Waals surface area contributed by atoms with E-state index in [0.717, 1.165) is 36.8 Å². The van der Waals surface area contributed by atoms with Gasteiger partial charge in [-0.3, -0.25) is 4.79 Å². The Balaban J connectivity index is 1.69. The monoisotopic (exact) mass is 380 g/mol. The molecule has 3 aromatic rings. The molecule has 0 spiro atoms. The SMILES string of the molecule is COC1CCC(Nc2ncc3c(N)ncc(-c4ccn(C)c(=O)c4)c3n2)CC1. The molecule has 1 aliphatic carbocycles. The highest BCUT2D eigenvalue weighted by atomic mass is 16.5. The van der Waals surface area contributed by atoms with Crippen LogP contribution in [0.25, 0.3) is 22.0 Å². The van der Waals surface area contributed by atoms with Crippen LogP contribution in [-0.4, -0.2) is 38.8 Å². The number of anilines is 2. The van der Waals surface area contributed by atoms with E-state index in [9.17, 15) is 4.79 Å². The van der Waals surface area contributed by atoms with Gasteiger partial charge < -0.3 is 20.4 Å². The Morgan fingerprint density at radius 3 is 2.71 bits per heavy atom. The van der Waals surface area contributed by atoms with Crippen LogP contribution < -0.4 is 16.6 Å². The van der Waals surface area contributed by atoms with Crippen molar-refractivity contribution in [3.05, 3.63) is 41.1 Å². The van der Waals surface area contributed by atoms with Crippen molar-refractivity contribution < 1.29 is 4.74 Å². The first kappa shape index (κ1) is 18.4. The van der Waals surface area contributed by atoms with Crippen LogP contribution in [0, 0.1) is 0 Å². The fourth-order valence-electron chi connectivity index (χ4n) is 3.66. The molecule has 0 aliphatic heterocycles. The summed E-state index contributed by atoms with van der Waals surface area (Å²) in [6.07, 6.45) is 9.50. The van der Waals surface area contributed by atoms with Crippen molar-refractivity contribution in [3.63, 3.8) is 0 Å². The number of hydrogen-bond donors (Lipinski definition) is 2. The molecule has 8 nitrogen and oxygen atoms in total. The number of nitrogens with zero attached hydrogens (tertiary/aromatic N) is 4. The van der Waals surface area contributed by atoms with Gasteiger partial charge in [-0.05, 0) is 37.3 Å². The van der Waals surface area contributed by atoms with Crippen molar-refractivity contribution in [1.82, 2.24) is 19.5 Å². The van der Waals surface area contributed by atoms with Crippen molar-refractivity contribution >= 4 is 22.7 Å². The van der Waals surface area contributed by atoms with Crippen LogP contribution in [0.5, 0.6) is 0 Å². The number of nitrogen functional groups attached to an aromatic ring is 1. The van der Waals surface area contributed by atoms with E-state index in [1.807, 2.05) is 6.07 Å². The molecule has 3 aromatic heterocycles. The largest absolute Gasteiger partial charge is 0.383 e. The second-order valence-corrected chi connectivity index (χ2v) is 7.23. The van der Waals surface area contributed by atoms with E-state index in [4.69, 9.17) is 15.5 Å². The van der Waals surface area contributed by atoms with E-state index in [1.165, 1.54) is 4.57 Å². The number of rotatable bonds is 4. The number of fused-ring (bicyclic) bond motifs is 1. The summed E-state index contributed by atoms with van der Waals surface area (Å²) in [7, 11) is 3.48. The van der Waals surface area contributed by atoms with Crippen molar-refractivity contribution in [2.45, 2.75) is 37.8 Å². The third-order valence-electron chi connectivity index (χ3n) is 5.41. The molecule has 28 heavy (non-hydrogen) atoms. The molecular weight excluding hydrogens is 356 g/mol. The van der Waals surface area contributed by atoms with Crippen molar-refractivity contribution in [1.29, 1.82) is 0 Å². The molecule has 146 valence electrons. The lowest BCUT2D eigenvalue weighted by molar-refractivity contribution is 0.0681. The predicted molar refractivity (Wildman–Crippen MR) is 109 cm³/mol. The molecule has 0 saturated heterocycles. The van der Waals surface area contributed by atoms with Crippen molar-refractivity contribution in [3.8, 4) is 11.1 Å². The summed E-state index contributed by atoms with van der Waals surface area (Å²) in [5.41, 5.74) is 8.14. The molecule has 0 radical (unpaired) electrons. The van der Waals surface area contributed by atoms with Crippen LogP contribution >= 0.6 is 0 Å². The molecule has 3 heterocycles. The first-order chi connectivity index (χ1) is 13.5. The maximum absolute atomic E-state index is 12.1. The number of methoxy groups -OCH3 is 1. The van der Waals surface area contributed by atoms with Gasteiger partial charge in [0.05, 0.1) is 17.0 Å². The summed E-state index contributed by atoms with van der Waals surface area (Å²) in [5.74, 6) is 0.929. The quantitative estimate of drug-likeness (QED) is 0.715. The summed E-state index contributed by atoms with van der Waals surface area (Å²) < 4.78 is 6.96. The lowest BCUT2D eigenvalue weighted by Gasteiger charge is -2.28. The molecule has 1 fully saturated rings. The highest BCUT2D eigenvalue weighted by Gasteiger charge is 2.21. The van der Waals surface area contributed by atoms with Gasteiger partial charge in [0.2, 0.25) is 5.95 Å². The van der Waals surface area contributed by atoms with Gasteiger partial charge in [-0.25, -0.2) is 15.0 Å². The molecule has 1 saturated carbocycles. The molecule has 3 N–H and O–H groups in total. The number of nitrogens with two attached hydrogens (primary N) is 1. The lowest BCUT2D eigenvalue weighted by Crippen LogP contribution is -2.29. The predicted octanol–water partition coefficient (Wildman–Crippen LogP) is 2.34. The third-order valence-corrected chi connectivity index (χ3v) is 5.41. The van der Waals surface area contributed by atoms with Crippen molar-refractivity contribution in [2.75, 3.05) is 18.2 Å². The molecule has 0 aromatic carbocycles. The Morgan fingerprint density at radius 2 is 2.00 bits per heavy atom. The normalized spacial score (nSPS) is 19.6. The Morgan fingerprint density at radius 1 is 1.21 bits per heavy atom. The van der Waals surface area contributed by atoms with Gasteiger partial charge in [-0.15, -0.1) is 0 Å². The molecule has 0 amide bonds. The first-order valence-corrected chi connectivity index (χ1v) is 9.42. The zero-order valence-electron chi connectivity index (χ0n) is 16.1. The summed E-state index contributed by atoms with van der Waals surface area (Å²) in [6.45, 7) is 0. The Bertz CT molecular complexity index is 1060. The second kappa shape index (κ2) is 7.55.